The van der Waals surface area contributed by atoms with E-state index in [2.05, 4.69) is 10.5 Å². The van der Waals surface area contributed by atoms with Crippen molar-refractivity contribution < 1.29 is 22.5 Å². The van der Waals surface area contributed by atoms with E-state index >= 15 is 0 Å². The Hall–Kier alpha value is -2.31. The molecule has 0 atom stereocenters. The number of carbonyl (C=O) groups is 1. The van der Waals surface area contributed by atoms with Gasteiger partial charge in [-0.05, 0) is 31.0 Å². The number of hydrogen-bond acceptors (Lipinski definition) is 3. The average molecular weight is 340 g/mol. The lowest BCUT2D eigenvalue weighted by molar-refractivity contribution is -0.137. The van der Waals surface area contributed by atoms with Crippen LogP contribution in [0.4, 0.5) is 13.2 Å². The number of amides is 1. The van der Waals surface area contributed by atoms with Gasteiger partial charge in [-0.15, -0.1) is 0 Å². The molecule has 1 aromatic carbocycles. The van der Waals surface area contributed by atoms with Crippen molar-refractivity contribution in [3.8, 4) is 0 Å². The molecule has 130 valence electrons. The largest absolute Gasteiger partial charge is 0.416 e. The summed E-state index contributed by atoms with van der Waals surface area (Å²) < 4.78 is 42.7. The van der Waals surface area contributed by atoms with Crippen LogP contribution in [0.25, 0.3) is 0 Å². The number of alkyl halides is 3. The summed E-state index contributed by atoms with van der Waals surface area (Å²) in [7, 11) is 0. The fraction of sp³-hybridized carbons (Fsp3) is 0.412. The third kappa shape index (κ3) is 4.15. The molecule has 0 bridgehead atoms. The highest BCUT2D eigenvalue weighted by Crippen LogP contribution is 2.29. The van der Waals surface area contributed by atoms with Gasteiger partial charge in [-0.3, -0.25) is 4.79 Å². The van der Waals surface area contributed by atoms with Crippen LogP contribution < -0.4 is 5.32 Å². The molecule has 1 heterocycles. The van der Waals surface area contributed by atoms with E-state index in [0.29, 0.717) is 30.0 Å². The molecule has 7 heteroatoms. The van der Waals surface area contributed by atoms with Crippen molar-refractivity contribution in [2.24, 2.45) is 0 Å². The Bertz CT molecular complexity index is 704. The van der Waals surface area contributed by atoms with Crippen molar-refractivity contribution in [2.45, 2.75) is 39.3 Å². The molecule has 0 radical (unpaired) electrons. The van der Waals surface area contributed by atoms with Crippen molar-refractivity contribution in [1.82, 2.24) is 10.5 Å². The first-order chi connectivity index (χ1) is 11.2. The molecule has 0 unspecified atom stereocenters. The highest BCUT2D eigenvalue weighted by molar-refractivity contribution is 5.96. The molecular formula is C17H19F3N2O2. The van der Waals surface area contributed by atoms with Crippen LogP contribution in [-0.2, 0) is 12.6 Å². The number of halogens is 3. The lowest BCUT2D eigenvalue weighted by Crippen LogP contribution is -2.27. The predicted molar refractivity (Wildman–Crippen MR) is 82.8 cm³/mol. The van der Waals surface area contributed by atoms with Crippen LogP contribution in [0.1, 0.15) is 52.7 Å². The average Bonchev–Trinajstić information content (AvgIpc) is 2.89. The first-order valence-corrected chi connectivity index (χ1v) is 7.60. The van der Waals surface area contributed by atoms with Gasteiger partial charge in [0.25, 0.3) is 5.91 Å². The van der Waals surface area contributed by atoms with Crippen LogP contribution in [-0.4, -0.2) is 17.6 Å². The molecular weight excluding hydrogens is 321 g/mol. The standard InChI is InChI=1S/C17H19F3N2O2/c1-10(2)15-14(11(3)22-24-15)16(23)21-9-8-12-4-6-13(7-5-12)17(18,19)20/h4-7,10H,8-9H2,1-3H3,(H,21,23). The number of nitrogens with zero attached hydrogens (tertiary/aromatic N) is 1. The summed E-state index contributed by atoms with van der Waals surface area (Å²) in [5.74, 6) is 0.269. The Morgan fingerprint density at radius 3 is 2.42 bits per heavy atom. The second kappa shape index (κ2) is 7.07. The monoisotopic (exact) mass is 340 g/mol. The van der Waals surface area contributed by atoms with Crippen molar-refractivity contribution in [1.29, 1.82) is 0 Å². The van der Waals surface area contributed by atoms with Crippen LogP contribution >= 0.6 is 0 Å². The summed E-state index contributed by atoms with van der Waals surface area (Å²) in [6.45, 7) is 5.81. The Morgan fingerprint density at radius 2 is 1.88 bits per heavy atom. The summed E-state index contributed by atoms with van der Waals surface area (Å²) in [6, 6.07) is 4.91. The lowest BCUT2D eigenvalue weighted by atomic mass is 10.0. The van der Waals surface area contributed by atoms with Crippen LogP contribution in [0.3, 0.4) is 0 Å². The summed E-state index contributed by atoms with van der Waals surface area (Å²) in [5, 5.41) is 6.57. The molecule has 1 aromatic heterocycles. The van der Waals surface area contributed by atoms with Crippen LogP contribution in [0.15, 0.2) is 28.8 Å². The first kappa shape index (κ1) is 18.0. The van der Waals surface area contributed by atoms with Crippen molar-refractivity contribution in [3.05, 3.63) is 52.4 Å². The maximum atomic E-state index is 12.5. The van der Waals surface area contributed by atoms with Crippen molar-refractivity contribution in [3.63, 3.8) is 0 Å². The molecule has 4 nitrogen and oxygen atoms in total. The van der Waals surface area contributed by atoms with Crippen molar-refractivity contribution >= 4 is 5.91 Å². The van der Waals surface area contributed by atoms with Gasteiger partial charge in [-0.25, -0.2) is 0 Å². The summed E-state index contributed by atoms with van der Waals surface area (Å²) in [6.07, 6.45) is -3.91. The van der Waals surface area contributed by atoms with Crippen molar-refractivity contribution in [2.75, 3.05) is 6.54 Å². The number of carbonyl (C=O) groups excluding carboxylic acids is 1. The topological polar surface area (TPSA) is 55.1 Å². The van der Waals surface area contributed by atoms with Crippen LogP contribution in [0.5, 0.6) is 0 Å². The van der Waals surface area contributed by atoms with E-state index in [-0.39, 0.29) is 11.8 Å². The van der Waals surface area contributed by atoms with Gasteiger partial charge in [0, 0.05) is 12.5 Å². The quantitative estimate of drug-likeness (QED) is 0.892. The van der Waals surface area contributed by atoms with E-state index in [4.69, 9.17) is 4.52 Å². The molecule has 2 rings (SSSR count). The number of aromatic nitrogens is 1. The SMILES string of the molecule is Cc1noc(C(C)C)c1C(=O)NCCc1ccc(C(F)(F)F)cc1. The molecule has 0 fully saturated rings. The Balaban J connectivity index is 1.95. The Morgan fingerprint density at radius 1 is 1.25 bits per heavy atom. The second-order valence-corrected chi connectivity index (χ2v) is 5.86. The number of nitrogens with one attached hydrogen (secondary N) is 1. The minimum Gasteiger partial charge on any atom is -0.360 e. The zero-order chi connectivity index (χ0) is 17.9. The summed E-state index contributed by atoms with van der Waals surface area (Å²) >= 11 is 0. The highest BCUT2D eigenvalue weighted by atomic mass is 19.4. The third-order valence-electron chi connectivity index (χ3n) is 3.62. The maximum Gasteiger partial charge on any atom is 0.416 e. The lowest BCUT2D eigenvalue weighted by Gasteiger charge is -2.09. The molecule has 0 aliphatic heterocycles. The molecule has 0 spiro atoms. The van der Waals surface area contributed by atoms with Gasteiger partial charge in [0.2, 0.25) is 0 Å². The molecule has 0 aliphatic carbocycles. The number of benzene rings is 1. The van der Waals surface area contributed by atoms with Gasteiger partial charge < -0.3 is 9.84 Å². The fourth-order valence-electron chi connectivity index (χ4n) is 2.33. The molecule has 24 heavy (non-hydrogen) atoms. The third-order valence-corrected chi connectivity index (χ3v) is 3.62. The Kier molecular flexibility index (Phi) is 5.31. The zero-order valence-electron chi connectivity index (χ0n) is 13.7. The first-order valence-electron chi connectivity index (χ1n) is 7.60. The summed E-state index contributed by atoms with van der Waals surface area (Å²) in [4.78, 5) is 12.3. The molecule has 1 amide bonds. The van der Waals surface area contributed by atoms with E-state index in [1.165, 1.54) is 12.1 Å². The van der Waals surface area contributed by atoms with Gasteiger partial charge in [0.1, 0.15) is 5.56 Å². The number of aryl methyl sites for hydroxylation is 1. The molecule has 2 aromatic rings. The summed E-state index contributed by atoms with van der Waals surface area (Å²) in [5.41, 5.74) is 0.981. The van der Waals surface area contributed by atoms with E-state index in [1.54, 1.807) is 6.92 Å². The van der Waals surface area contributed by atoms with Gasteiger partial charge in [0.15, 0.2) is 5.76 Å². The zero-order valence-corrected chi connectivity index (χ0v) is 13.7. The maximum absolute atomic E-state index is 12.5. The Labute approximate surface area is 138 Å². The minimum absolute atomic E-state index is 0.0295. The number of hydrogen-bond donors (Lipinski definition) is 1. The molecule has 0 aliphatic rings. The van der Waals surface area contributed by atoms with Gasteiger partial charge in [0.05, 0.1) is 11.3 Å². The van der Waals surface area contributed by atoms with Crippen LogP contribution in [0, 0.1) is 6.92 Å². The van der Waals surface area contributed by atoms with Gasteiger partial charge >= 0.3 is 6.18 Å². The molecule has 1 N–H and O–H groups in total. The van der Waals surface area contributed by atoms with E-state index in [9.17, 15) is 18.0 Å². The van der Waals surface area contributed by atoms with E-state index < -0.39 is 11.7 Å². The second-order valence-electron chi connectivity index (χ2n) is 5.86. The predicted octanol–water partition coefficient (Wildman–Crippen LogP) is 4.10. The minimum atomic E-state index is -4.34. The fourth-order valence-corrected chi connectivity index (χ4v) is 2.33. The molecule has 0 saturated carbocycles. The van der Waals surface area contributed by atoms with E-state index in [0.717, 1.165) is 17.7 Å². The normalized spacial score (nSPS) is 11.8. The smallest absolute Gasteiger partial charge is 0.360 e. The number of rotatable bonds is 5. The van der Waals surface area contributed by atoms with Crippen LogP contribution in [0.2, 0.25) is 0 Å². The highest BCUT2D eigenvalue weighted by Gasteiger charge is 2.29. The van der Waals surface area contributed by atoms with Gasteiger partial charge in [-0.1, -0.05) is 31.1 Å². The van der Waals surface area contributed by atoms with Gasteiger partial charge in [-0.2, -0.15) is 13.2 Å². The molecule has 0 saturated heterocycles. The van der Waals surface area contributed by atoms with E-state index in [1.807, 2.05) is 13.8 Å².